The fourth-order valence-corrected chi connectivity index (χ4v) is 2.58. The quantitative estimate of drug-likeness (QED) is 0.459. The molecule has 0 amide bonds. The summed E-state index contributed by atoms with van der Waals surface area (Å²) in [6.45, 7) is 1.21. The molecule has 0 saturated carbocycles. The van der Waals surface area contributed by atoms with Crippen LogP contribution in [-0.2, 0) is 6.18 Å². The summed E-state index contributed by atoms with van der Waals surface area (Å²) in [6.07, 6.45) is -3.67. The molecule has 0 bridgehead atoms. The number of rotatable bonds is 5. The van der Waals surface area contributed by atoms with E-state index >= 15 is 0 Å². The highest BCUT2D eigenvalue weighted by Crippen LogP contribution is 2.36. The molecule has 2 aromatic rings. The van der Waals surface area contributed by atoms with Gasteiger partial charge in [0.1, 0.15) is 12.4 Å². The molecule has 28 heavy (non-hydrogen) atoms. The lowest BCUT2D eigenvalue weighted by atomic mass is 10.2. The van der Waals surface area contributed by atoms with E-state index < -0.39 is 11.7 Å². The zero-order valence-electron chi connectivity index (χ0n) is 15.0. The molecule has 150 valence electrons. The molecule has 0 spiro atoms. The van der Waals surface area contributed by atoms with E-state index in [0.29, 0.717) is 30.4 Å². The molecule has 3 rings (SSSR count). The van der Waals surface area contributed by atoms with Gasteiger partial charge in [-0.1, -0.05) is 12.1 Å². The van der Waals surface area contributed by atoms with Crippen LogP contribution in [0, 0.1) is 0 Å². The highest BCUT2D eigenvalue weighted by atomic mass is 19.4. The van der Waals surface area contributed by atoms with Gasteiger partial charge in [0.05, 0.1) is 25.3 Å². The predicted molar refractivity (Wildman–Crippen MR) is 99.1 cm³/mol. The number of nitrogens with two attached hydrogens (primary N) is 1. The van der Waals surface area contributed by atoms with Gasteiger partial charge in [-0.25, -0.2) is 4.99 Å². The Labute approximate surface area is 160 Å². The number of benzene rings is 2. The topological polar surface area (TPSA) is 78.1 Å². The molecule has 3 N–H and O–H groups in total. The second-order valence-corrected chi connectivity index (χ2v) is 5.95. The second kappa shape index (κ2) is 8.73. The maximum Gasteiger partial charge on any atom is 0.419 e. The third kappa shape index (κ3) is 5.21. The summed E-state index contributed by atoms with van der Waals surface area (Å²) in [7, 11) is 0. The molecule has 1 aliphatic rings. The molecule has 0 radical (unpaired) electrons. The number of anilines is 1. The Balaban J connectivity index is 1.54. The van der Waals surface area contributed by atoms with Crippen molar-refractivity contribution in [3.8, 4) is 17.2 Å². The average Bonchev–Trinajstić information content (AvgIpc) is 2.90. The van der Waals surface area contributed by atoms with Gasteiger partial charge in [0.2, 0.25) is 0 Å². The van der Waals surface area contributed by atoms with E-state index in [-0.39, 0.29) is 24.9 Å². The minimum atomic E-state index is -4.47. The fraction of sp³-hybridized carbons (Fsp3) is 0.316. The number of alkyl halides is 3. The zero-order valence-corrected chi connectivity index (χ0v) is 15.0. The Hall–Kier alpha value is -3.10. The van der Waals surface area contributed by atoms with Crippen LogP contribution in [0.4, 0.5) is 18.9 Å². The first kappa shape index (κ1) is 19.7. The van der Waals surface area contributed by atoms with Crippen LogP contribution in [0.5, 0.6) is 17.2 Å². The summed E-state index contributed by atoms with van der Waals surface area (Å²) < 4.78 is 55.1. The van der Waals surface area contributed by atoms with Crippen LogP contribution in [0.15, 0.2) is 47.5 Å². The van der Waals surface area contributed by atoms with E-state index in [4.69, 9.17) is 19.9 Å². The van der Waals surface area contributed by atoms with E-state index in [1.54, 1.807) is 18.2 Å². The Morgan fingerprint density at radius 2 is 1.86 bits per heavy atom. The number of hydrogen-bond donors (Lipinski definition) is 2. The predicted octanol–water partition coefficient (Wildman–Crippen LogP) is 3.67. The van der Waals surface area contributed by atoms with E-state index in [1.807, 2.05) is 0 Å². The van der Waals surface area contributed by atoms with Crippen molar-refractivity contribution in [2.24, 2.45) is 10.7 Å². The Kier molecular flexibility index (Phi) is 6.13. The van der Waals surface area contributed by atoms with Gasteiger partial charge in [-0.15, -0.1) is 0 Å². The van der Waals surface area contributed by atoms with Crippen LogP contribution >= 0.6 is 0 Å². The zero-order chi connectivity index (χ0) is 20.0. The van der Waals surface area contributed by atoms with Crippen molar-refractivity contribution >= 4 is 11.6 Å². The molecule has 0 aromatic heterocycles. The van der Waals surface area contributed by atoms with Gasteiger partial charge in [0.15, 0.2) is 17.5 Å². The van der Waals surface area contributed by atoms with Crippen LogP contribution in [0.25, 0.3) is 0 Å². The van der Waals surface area contributed by atoms with Crippen molar-refractivity contribution in [1.82, 2.24) is 0 Å². The minimum absolute atomic E-state index is 0.0450. The second-order valence-electron chi connectivity index (χ2n) is 5.95. The van der Waals surface area contributed by atoms with Gasteiger partial charge in [-0.05, 0) is 24.3 Å². The number of nitrogens with one attached hydrogen (secondary N) is 1. The highest BCUT2D eigenvalue weighted by Gasteiger charge is 2.33. The number of aliphatic imine (C=N–C) groups is 1. The molecule has 0 atom stereocenters. The van der Waals surface area contributed by atoms with Gasteiger partial charge in [-0.3, -0.25) is 0 Å². The van der Waals surface area contributed by atoms with Crippen molar-refractivity contribution in [1.29, 1.82) is 0 Å². The maximum absolute atomic E-state index is 12.9. The monoisotopic (exact) mass is 395 g/mol. The summed E-state index contributed by atoms with van der Waals surface area (Å²) in [4.78, 5) is 4.06. The molecule has 1 aliphatic heterocycles. The van der Waals surface area contributed by atoms with Gasteiger partial charge in [0.25, 0.3) is 0 Å². The summed E-state index contributed by atoms with van der Waals surface area (Å²) in [5.41, 5.74) is 5.66. The van der Waals surface area contributed by atoms with Gasteiger partial charge in [-0.2, -0.15) is 13.2 Å². The van der Waals surface area contributed by atoms with Crippen LogP contribution in [-0.4, -0.2) is 32.3 Å². The first-order valence-electron chi connectivity index (χ1n) is 8.69. The molecule has 9 heteroatoms. The molecule has 2 aromatic carbocycles. The van der Waals surface area contributed by atoms with Crippen LogP contribution < -0.4 is 25.3 Å². The molecular weight excluding hydrogens is 375 g/mol. The number of guanidine groups is 1. The number of nitrogens with zero attached hydrogens (tertiary/aromatic N) is 1. The molecule has 0 unspecified atom stereocenters. The van der Waals surface area contributed by atoms with Crippen LogP contribution in [0.3, 0.4) is 0 Å². The third-order valence-electron chi connectivity index (χ3n) is 3.84. The number of halogens is 3. The van der Waals surface area contributed by atoms with E-state index in [0.717, 1.165) is 12.5 Å². The maximum atomic E-state index is 12.9. The minimum Gasteiger partial charge on any atom is -0.491 e. The van der Waals surface area contributed by atoms with Crippen molar-refractivity contribution < 1.29 is 27.4 Å². The van der Waals surface area contributed by atoms with E-state index in [9.17, 15) is 13.2 Å². The summed E-state index contributed by atoms with van der Waals surface area (Å²) >= 11 is 0. The number of fused-ring (bicyclic) bond motifs is 1. The lowest BCUT2D eigenvalue weighted by Crippen LogP contribution is -2.23. The fourth-order valence-electron chi connectivity index (χ4n) is 2.58. The summed E-state index contributed by atoms with van der Waals surface area (Å²) in [5.74, 6) is 1.15. The third-order valence-corrected chi connectivity index (χ3v) is 3.84. The molecule has 0 saturated heterocycles. The van der Waals surface area contributed by atoms with E-state index in [1.165, 1.54) is 18.2 Å². The molecular formula is C19H20F3N3O3. The Morgan fingerprint density at radius 1 is 1.11 bits per heavy atom. The lowest BCUT2D eigenvalue weighted by Gasteiger charge is -2.13. The van der Waals surface area contributed by atoms with Crippen LogP contribution in [0.2, 0.25) is 0 Å². The first-order valence-corrected chi connectivity index (χ1v) is 8.69. The summed E-state index contributed by atoms with van der Waals surface area (Å²) in [5, 5.41) is 2.90. The molecule has 1 heterocycles. The lowest BCUT2D eigenvalue weighted by molar-refractivity contribution is -0.138. The standard InChI is InChI=1S/C19H20F3N3O3/c20-19(21,22)14-4-1-2-5-15(14)28-11-8-24-18(23)25-13-6-7-16-17(12-13)27-10-3-9-26-16/h1-2,4-7,12H,3,8-11H2,(H3,23,24,25). The van der Waals surface area contributed by atoms with Crippen molar-refractivity contribution in [2.45, 2.75) is 12.6 Å². The summed E-state index contributed by atoms with van der Waals surface area (Å²) in [6, 6.07) is 10.3. The van der Waals surface area contributed by atoms with Crippen molar-refractivity contribution in [2.75, 3.05) is 31.7 Å². The molecule has 0 aliphatic carbocycles. The van der Waals surface area contributed by atoms with Crippen LogP contribution in [0.1, 0.15) is 12.0 Å². The van der Waals surface area contributed by atoms with Gasteiger partial charge < -0.3 is 25.3 Å². The van der Waals surface area contributed by atoms with Crippen molar-refractivity contribution in [3.05, 3.63) is 48.0 Å². The molecule has 6 nitrogen and oxygen atoms in total. The average molecular weight is 395 g/mol. The largest absolute Gasteiger partial charge is 0.491 e. The number of hydrogen-bond acceptors (Lipinski definition) is 4. The Bertz CT molecular complexity index is 841. The highest BCUT2D eigenvalue weighted by molar-refractivity contribution is 5.92. The van der Waals surface area contributed by atoms with E-state index in [2.05, 4.69) is 10.3 Å². The smallest absolute Gasteiger partial charge is 0.419 e. The normalized spacial score (nSPS) is 14.3. The number of ether oxygens (including phenoxy) is 3. The SMILES string of the molecule is NC(=NCCOc1ccccc1C(F)(F)F)Nc1ccc2c(c1)OCCCO2. The molecule has 0 fully saturated rings. The Morgan fingerprint density at radius 3 is 2.64 bits per heavy atom. The van der Waals surface area contributed by atoms with Gasteiger partial charge in [0, 0.05) is 18.2 Å². The first-order chi connectivity index (χ1) is 13.4. The van der Waals surface area contributed by atoms with Crippen molar-refractivity contribution in [3.63, 3.8) is 0 Å². The van der Waals surface area contributed by atoms with Gasteiger partial charge >= 0.3 is 6.18 Å². The number of para-hydroxylation sites is 1.